The second-order valence-corrected chi connectivity index (χ2v) is 6.27. The van der Waals surface area contributed by atoms with Crippen LogP contribution < -0.4 is 5.32 Å². The number of halogens is 3. The van der Waals surface area contributed by atoms with Crippen molar-refractivity contribution >= 4 is 34.8 Å². The number of ether oxygens (including phenoxy) is 1. The molecule has 0 saturated heterocycles. The van der Waals surface area contributed by atoms with Crippen molar-refractivity contribution in [3.05, 3.63) is 32.8 Å². The third-order valence-electron chi connectivity index (χ3n) is 3.17. The van der Waals surface area contributed by atoms with Crippen LogP contribution in [0.15, 0.2) is 12.1 Å². The van der Waals surface area contributed by atoms with Gasteiger partial charge in [-0.3, -0.25) is 0 Å². The van der Waals surface area contributed by atoms with Crippen LogP contribution in [-0.2, 0) is 4.74 Å². The molecule has 1 aromatic carbocycles. The molecular weight excluding hydrogens is 321 g/mol. The summed E-state index contributed by atoms with van der Waals surface area (Å²) in [5, 5.41) is 14.7. The van der Waals surface area contributed by atoms with Gasteiger partial charge in [-0.1, -0.05) is 40.9 Å². The van der Waals surface area contributed by atoms with Crippen molar-refractivity contribution in [2.45, 2.75) is 31.9 Å². The number of rotatable bonds is 7. The van der Waals surface area contributed by atoms with E-state index in [2.05, 4.69) is 5.32 Å². The molecule has 1 aromatic rings. The summed E-state index contributed by atoms with van der Waals surface area (Å²) in [7, 11) is 1.61. The molecule has 114 valence electrons. The minimum atomic E-state index is -0.840. The topological polar surface area (TPSA) is 41.5 Å². The van der Waals surface area contributed by atoms with Crippen molar-refractivity contribution in [2.75, 3.05) is 20.3 Å². The minimum Gasteiger partial charge on any atom is -0.389 e. The van der Waals surface area contributed by atoms with E-state index in [1.165, 1.54) is 0 Å². The molecular formula is C14H20Cl3NO2. The van der Waals surface area contributed by atoms with Gasteiger partial charge in [0.15, 0.2) is 0 Å². The summed E-state index contributed by atoms with van der Waals surface area (Å²) in [4.78, 5) is 0. The molecule has 20 heavy (non-hydrogen) atoms. The maximum Gasteiger partial charge on any atom is 0.0781 e. The molecule has 0 saturated carbocycles. The Kier molecular flexibility index (Phi) is 7.06. The van der Waals surface area contributed by atoms with Crippen LogP contribution in [0.25, 0.3) is 0 Å². The molecule has 2 unspecified atom stereocenters. The first-order chi connectivity index (χ1) is 9.28. The van der Waals surface area contributed by atoms with Crippen LogP contribution in [0, 0.1) is 0 Å². The predicted octanol–water partition coefficient (Wildman–Crippen LogP) is 4.08. The normalized spacial score (nSPS) is 15.9. The number of nitrogens with one attached hydrogen (secondary N) is 1. The third kappa shape index (κ3) is 5.06. The number of aliphatic hydroxyl groups is 1. The van der Waals surface area contributed by atoms with Crippen molar-refractivity contribution in [3.8, 4) is 0 Å². The molecule has 6 heteroatoms. The Hall–Kier alpha value is -0.0300. The van der Waals surface area contributed by atoms with Crippen LogP contribution in [0.1, 0.15) is 31.9 Å². The maximum atomic E-state index is 10.2. The van der Waals surface area contributed by atoms with Crippen LogP contribution in [0.3, 0.4) is 0 Å². The molecule has 1 rings (SSSR count). The average Bonchev–Trinajstić information content (AvgIpc) is 2.40. The van der Waals surface area contributed by atoms with E-state index in [9.17, 15) is 5.11 Å². The van der Waals surface area contributed by atoms with Gasteiger partial charge >= 0.3 is 0 Å². The molecule has 0 spiro atoms. The number of methoxy groups -OCH3 is 1. The molecule has 0 aliphatic carbocycles. The van der Waals surface area contributed by atoms with Gasteiger partial charge in [0.05, 0.1) is 20.7 Å². The quantitative estimate of drug-likeness (QED) is 0.735. The number of hydrogen-bond donors (Lipinski definition) is 2. The molecule has 0 aliphatic heterocycles. The lowest BCUT2D eigenvalue weighted by Gasteiger charge is -2.26. The summed E-state index contributed by atoms with van der Waals surface area (Å²) >= 11 is 18.1. The first-order valence-corrected chi connectivity index (χ1v) is 7.50. The van der Waals surface area contributed by atoms with Gasteiger partial charge in [-0.2, -0.15) is 0 Å². The van der Waals surface area contributed by atoms with Gasteiger partial charge in [0.1, 0.15) is 0 Å². The van der Waals surface area contributed by atoms with E-state index in [0.29, 0.717) is 34.6 Å². The van der Waals surface area contributed by atoms with Gasteiger partial charge in [0.25, 0.3) is 0 Å². The van der Waals surface area contributed by atoms with Crippen molar-refractivity contribution in [3.63, 3.8) is 0 Å². The highest BCUT2D eigenvalue weighted by Gasteiger charge is 2.22. The summed E-state index contributed by atoms with van der Waals surface area (Å²) in [5.74, 6) is 0. The lowest BCUT2D eigenvalue weighted by atomic mass is 10.0. The van der Waals surface area contributed by atoms with Gasteiger partial charge < -0.3 is 15.2 Å². The fourth-order valence-electron chi connectivity index (χ4n) is 1.77. The lowest BCUT2D eigenvalue weighted by molar-refractivity contribution is 0.0231. The molecule has 0 radical (unpaired) electrons. The maximum absolute atomic E-state index is 10.2. The van der Waals surface area contributed by atoms with E-state index >= 15 is 0 Å². The van der Waals surface area contributed by atoms with Crippen LogP contribution in [0.5, 0.6) is 0 Å². The fraction of sp³-hybridized carbons (Fsp3) is 0.571. The first-order valence-electron chi connectivity index (χ1n) is 6.36. The van der Waals surface area contributed by atoms with Crippen LogP contribution in [-0.4, -0.2) is 31.0 Å². The second kappa shape index (κ2) is 7.83. The third-order valence-corrected chi connectivity index (χ3v) is 4.47. The Morgan fingerprint density at radius 1 is 1.30 bits per heavy atom. The highest BCUT2D eigenvalue weighted by Crippen LogP contribution is 2.35. The van der Waals surface area contributed by atoms with E-state index < -0.39 is 5.60 Å². The SMILES string of the molecule is COCCC(C)(O)CNC(C)c1ccc(Cl)c(Cl)c1Cl. The van der Waals surface area contributed by atoms with Gasteiger partial charge in [-0.05, 0) is 25.5 Å². The smallest absolute Gasteiger partial charge is 0.0781 e. The Bertz CT molecular complexity index is 452. The molecule has 0 fully saturated rings. The minimum absolute atomic E-state index is 0.0497. The van der Waals surface area contributed by atoms with Gasteiger partial charge in [-0.25, -0.2) is 0 Å². The molecule has 2 atom stereocenters. The van der Waals surface area contributed by atoms with E-state index in [1.54, 1.807) is 20.1 Å². The summed E-state index contributed by atoms with van der Waals surface area (Å²) in [5.41, 5.74) is 0.0103. The molecule has 0 amide bonds. The van der Waals surface area contributed by atoms with Crippen molar-refractivity contribution in [1.82, 2.24) is 5.32 Å². The predicted molar refractivity (Wildman–Crippen MR) is 85.0 cm³/mol. The fourth-order valence-corrected chi connectivity index (χ4v) is 2.47. The van der Waals surface area contributed by atoms with Crippen LogP contribution in [0.2, 0.25) is 15.1 Å². The largest absolute Gasteiger partial charge is 0.389 e. The van der Waals surface area contributed by atoms with E-state index in [-0.39, 0.29) is 6.04 Å². The lowest BCUT2D eigenvalue weighted by Crippen LogP contribution is -2.39. The summed E-state index contributed by atoms with van der Waals surface area (Å²) in [6.45, 7) is 4.66. The van der Waals surface area contributed by atoms with Crippen LogP contribution in [0.4, 0.5) is 0 Å². The number of benzene rings is 1. The molecule has 0 aliphatic rings. The summed E-state index contributed by atoms with van der Waals surface area (Å²) < 4.78 is 4.98. The second-order valence-electron chi connectivity index (χ2n) is 5.11. The van der Waals surface area contributed by atoms with Crippen LogP contribution >= 0.6 is 34.8 Å². The molecule has 0 bridgehead atoms. The van der Waals surface area contributed by atoms with E-state index in [1.807, 2.05) is 13.0 Å². The Morgan fingerprint density at radius 2 is 1.95 bits per heavy atom. The van der Waals surface area contributed by atoms with Crippen molar-refractivity contribution < 1.29 is 9.84 Å². The molecule has 3 nitrogen and oxygen atoms in total. The highest BCUT2D eigenvalue weighted by molar-refractivity contribution is 6.48. The monoisotopic (exact) mass is 339 g/mol. The van der Waals surface area contributed by atoms with Crippen molar-refractivity contribution in [1.29, 1.82) is 0 Å². The zero-order chi connectivity index (χ0) is 15.3. The van der Waals surface area contributed by atoms with Gasteiger partial charge in [0.2, 0.25) is 0 Å². The Balaban J connectivity index is 2.68. The summed E-state index contributed by atoms with van der Waals surface area (Å²) in [6, 6.07) is 3.50. The Morgan fingerprint density at radius 3 is 2.55 bits per heavy atom. The molecule has 2 N–H and O–H groups in total. The van der Waals surface area contributed by atoms with E-state index in [0.717, 1.165) is 5.56 Å². The standard InChI is InChI=1S/C14H20Cl3NO2/c1-9(18-8-14(2,19)6-7-20-3)10-4-5-11(15)13(17)12(10)16/h4-5,9,18-19H,6-8H2,1-3H3. The average molecular weight is 341 g/mol. The number of hydrogen-bond acceptors (Lipinski definition) is 3. The first kappa shape index (κ1) is 18.0. The Labute approximate surface area is 135 Å². The highest BCUT2D eigenvalue weighted by atomic mass is 35.5. The zero-order valence-electron chi connectivity index (χ0n) is 11.8. The zero-order valence-corrected chi connectivity index (χ0v) is 14.1. The molecule has 0 aromatic heterocycles. The van der Waals surface area contributed by atoms with Crippen molar-refractivity contribution in [2.24, 2.45) is 0 Å². The molecule has 0 heterocycles. The van der Waals surface area contributed by atoms with Gasteiger partial charge in [0, 0.05) is 32.7 Å². The van der Waals surface area contributed by atoms with E-state index in [4.69, 9.17) is 39.5 Å². The van der Waals surface area contributed by atoms with Gasteiger partial charge in [-0.15, -0.1) is 0 Å². The summed E-state index contributed by atoms with van der Waals surface area (Å²) in [6.07, 6.45) is 0.554.